The number of aryl methyl sites for hydroxylation is 1. The number of nitrogens with one attached hydrogen (secondary N) is 1. The SMILES string of the molecule is CCn1cnc(S(=O)(=O)NCC2CCC(Br)CC2)c1. The Hall–Kier alpha value is -0.400. The van der Waals surface area contributed by atoms with E-state index in [9.17, 15) is 8.42 Å². The van der Waals surface area contributed by atoms with Crippen molar-refractivity contribution in [2.75, 3.05) is 6.54 Å². The summed E-state index contributed by atoms with van der Waals surface area (Å²) in [5.41, 5.74) is 0. The average Bonchev–Trinajstić information content (AvgIpc) is 2.88. The first-order chi connectivity index (χ1) is 9.01. The number of aromatic nitrogens is 2. The highest BCUT2D eigenvalue weighted by molar-refractivity contribution is 9.09. The number of halogens is 1. The molecule has 0 bridgehead atoms. The molecular formula is C12H20BrN3O2S. The van der Waals surface area contributed by atoms with Crippen LogP contribution in [0.3, 0.4) is 0 Å². The van der Waals surface area contributed by atoms with Gasteiger partial charge in [0, 0.05) is 24.1 Å². The van der Waals surface area contributed by atoms with E-state index in [0.29, 0.717) is 17.3 Å². The van der Waals surface area contributed by atoms with Gasteiger partial charge in [-0.2, -0.15) is 0 Å². The quantitative estimate of drug-likeness (QED) is 0.828. The van der Waals surface area contributed by atoms with E-state index in [1.165, 1.54) is 0 Å². The van der Waals surface area contributed by atoms with Gasteiger partial charge >= 0.3 is 0 Å². The second-order valence-corrected chi connectivity index (χ2v) is 8.02. The van der Waals surface area contributed by atoms with Crippen molar-refractivity contribution in [1.82, 2.24) is 14.3 Å². The zero-order chi connectivity index (χ0) is 13.9. The molecule has 7 heteroatoms. The fraction of sp³-hybridized carbons (Fsp3) is 0.750. The standard InChI is InChI=1S/C12H20BrN3O2S/c1-2-16-8-12(14-9-16)19(17,18)15-7-10-3-5-11(13)6-4-10/h8-11,15H,2-7H2,1H3. The van der Waals surface area contributed by atoms with Crippen LogP contribution < -0.4 is 4.72 Å². The van der Waals surface area contributed by atoms with E-state index in [2.05, 4.69) is 25.6 Å². The molecule has 1 aromatic rings. The summed E-state index contributed by atoms with van der Waals surface area (Å²) in [5, 5.41) is 0.114. The number of nitrogens with zero attached hydrogens (tertiary/aromatic N) is 2. The maximum atomic E-state index is 12.1. The summed E-state index contributed by atoms with van der Waals surface area (Å²) in [6, 6.07) is 0. The molecule has 1 aliphatic carbocycles. The molecule has 0 aliphatic heterocycles. The minimum absolute atomic E-state index is 0.114. The van der Waals surface area contributed by atoms with Gasteiger partial charge in [0.1, 0.15) is 0 Å². The third-order valence-corrected chi connectivity index (χ3v) is 5.81. The molecule has 1 aliphatic rings. The molecule has 1 fully saturated rings. The number of hydrogen-bond donors (Lipinski definition) is 1. The smallest absolute Gasteiger partial charge is 0.259 e. The van der Waals surface area contributed by atoms with Gasteiger partial charge in [-0.05, 0) is 38.5 Å². The Morgan fingerprint density at radius 1 is 1.42 bits per heavy atom. The van der Waals surface area contributed by atoms with Gasteiger partial charge in [-0.15, -0.1) is 0 Å². The maximum absolute atomic E-state index is 12.1. The lowest BCUT2D eigenvalue weighted by Crippen LogP contribution is -2.31. The molecule has 0 atom stereocenters. The predicted molar refractivity (Wildman–Crippen MR) is 77.8 cm³/mol. The molecule has 108 valence electrons. The molecule has 0 saturated heterocycles. The van der Waals surface area contributed by atoms with Crippen molar-refractivity contribution in [1.29, 1.82) is 0 Å². The first-order valence-electron chi connectivity index (χ1n) is 6.66. The van der Waals surface area contributed by atoms with Gasteiger partial charge in [0.15, 0.2) is 5.03 Å². The van der Waals surface area contributed by atoms with Crippen LogP contribution in [-0.4, -0.2) is 29.3 Å². The van der Waals surface area contributed by atoms with Gasteiger partial charge in [0.05, 0.1) is 6.33 Å². The summed E-state index contributed by atoms with van der Waals surface area (Å²) in [4.78, 5) is 4.54. The van der Waals surface area contributed by atoms with E-state index in [4.69, 9.17) is 0 Å². The third kappa shape index (κ3) is 4.03. The summed E-state index contributed by atoms with van der Waals surface area (Å²) in [5.74, 6) is 0.442. The number of hydrogen-bond acceptors (Lipinski definition) is 3. The van der Waals surface area contributed by atoms with E-state index in [1.807, 2.05) is 6.92 Å². The minimum Gasteiger partial charge on any atom is -0.336 e. The van der Waals surface area contributed by atoms with Crippen LogP contribution in [0.25, 0.3) is 0 Å². The highest BCUT2D eigenvalue weighted by Gasteiger charge is 2.23. The van der Waals surface area contributed by atoms with Crippen LogP contribution in [-0.2, 0) is 16.6 Å². The molecule has 0 amide bonds. The van der Waals surface area contributed by atoms with E-state index in [0.717, 1.165) is 32.2 Å². The lowest BCUT2D eigenvalue weighted by atomic mass is 9.89. The predicted octanol–water partition coefficient (Wildman–Crippen LogP) is 2.13. The molecule has 5 nitrogen and oxygen atoms in total. The van der Waals surface area contributed by atoms with Gasteiger partial charge < -0.3 is 4.57 Å². The zero-order valence-corrected chi connectivity index (χ0v) is 13.5. The Morgan fingerprint density at radius 2 is 2.11 bits per heavy atom. The Morgan fingerprint density at radius 3 is 2.68 bits per heavy atom. The maximum Gasteiger partial charge on any atom is 0.259 e. The van der Waals surface area contributed by atoms with Gasteiger partial charge in [-0.3, -0.25) is 0 Å². The van der Waals surface area contributed by atoms with E-state index < -0.39 is 10.0 Å². The number of alkyl halides is 1. The molecular weight excluding hydrogens is 330 g/mol. The molecule has 0 radical (unpaired) electrons. The number of imidazole rings is 1. The third-order valence-electron chi connectivity index (χ3n) is 3.59. The largest absolute Gasteiger partial charge is 0.336 e. The second-order valence-electron chi connectivity index (χ2n) is 5.01. The Kier molecular flexibility index (Phi) is 5.03. The lowest BCUT2D eigenvalue weighted by Gasteiger charge is -2.25. The topological polar surface area (TPSA) is 64.0 Å². The summed E-state index contributed by atoms with van der Waals surface area (Å²) >= 11 is 3.60. The monoisotopic (exact) mass is 349 g/mol. The van der Waals surface area contributed by atoms with Crippen molar-refractivity contribution in [3.63, 3.8) is 0 Å². The molecule has 19 heavy (non-hydrogen) atoms. The van der Waals surface area contributed by atoms with Crippen LogP contribution in [0.15, 0.2) is 17.6 Å². The van der Waals surface area contributed by atoms with Crippen molar-refractivity contribution in [3.05, 3.63) is 12.5 Å². The average molecular weight is 350 g/mol. The number of sulfonamides is 1. The van der Waals surface area contributed by atoms with E-state index in [1.54, 1.807) is 17.1 Å². The van der Waals surface area contributed by atoms with Gasteiger partial charge in [-0.25, -0.2) is 18.1 Å². The first kappa shape index (κ1) is 15.0. The molecule has 1 saturated carbocycles. The van der Waals surface area contributed by atoms with Crippen LogP contribution in [0, 0.1) is 5.92 Å². The van der Waals surface area contributed by atoms with Crippen molar-refractivity contribution >= 4 is 26.0 Å². The zero-order valence-electron chi connectivity index (χ0n) is 11.0. The van der Waals surface area contributed by atoms with Crippen LogP contribution >= 0.6 is 15.9 Å². The molecule has 1 heterocycles. The summed E-state index contributed by atoms with van der Waals surface area (Å²) < 4.78 is 28.6. The van der Waals surface area contributed by atoms with Crippen LogP contribution in [0.1, 0.15) is 32.6 Å². The summed E-state index contributed by atoms with van der Waals surface area (Å²) in [7, 11) is -3.46. The molecule has 2 rings (SSSR count). The second kappa shape index (κ2) is 6.37. The fourth-order valence-corrected chi connectivity index (χ4v) is 3.87. The summed E-state index contributed by atoms with van der Waals surface area (Å²) in [6.07, 6.45) is 7.50. The van der Waals surface area contributed by atoms with Crippen LogP contribution in [0.5, 0.6) is 0 Å². The van der Waals surface area contributed by atoms with Crippen LogP contribution in [0.2, 0.25) is 0 Å². The van der Waals surface area contributed by atoms with Crippen LogP contribution in [0.4, 0.5) is 0 Å². The highest BCUT2D eigenvalue weighted by Crippen LogP contribution is 2.28. The van der Waals surface area contributed by atoms with Gasteiger partial charge in [-0.1, -0.05) is 15.9 Å². The molecule has 0 aromatic carbocycles. The highest BCUT2D eigenvalue weighted by atomic mass is 79.9. The Bertz CT molecular complexity index is 507. The lowest BCUT2D eigenvalue weighted by molar-refractivity contribution is 0.366. The fourth-order valence-electron chi connectivity index (χ4n) is 2.28. The molecule has 1 N–H and O–H groups in total. The summed E-state index contributed by atoms with van der Waals surface area (Å²) in [6.45, 7) is 3.18. The van der Waals surface area contributed by atoms with Crippen molar-refractivity contribution in [2.45, 2.75) is 49.0 Å². The minimum atomic E-state index is -3.46. The van der Waals surface area contributed by atoms with E-state index >= 15 is 0 Å². The van der Waals surface area contributed by atoms with E-state index in [-0.39, 0.29) is 5.03 Å². The normalized spacial score (nSPS) is 24.5. The van der Waals surface area contributed by atoms with Gasteiger partial charge in [0.25, 0.3) is 10.0 Å². The number of rotatable bonds is 5. The van der Waals surface area contributed by atoms with Crippen molar-refractivity contribution in [3.8, 4) is 0 Å². The van der Waals surface area contributed by atoms with Crippen molar-refractivity contribution < 1.29 is 8.42 Å². The molecule has 0 spiro atoms. The van der Waals surface area contributed by atoms with Crippen molar-refractivity contribution in [2.24, 2.45) is 5.92 Å². The first-order valence-corrected chi connectivity index (χ1v) is 9.06. The Balaban J connectivity index is 1.90. The van der Waals surface area contributed by atoms with Gasteiger partial charge in [0.2, 0.25) is 0 Å². The molecule has 0 unspecified atom stereocenters. The Labute approximate surface area is 123 Å². The molecule has 1 aromatic heterocycles.